The smallest absolute Gasteiger partial charge is 0.300 e. The first-order valence-corrected chi connectivity index (χ1v) is 18.4. The molecule has 6 rings (SSSR count). The lowest BCUT2D eigenvalue weighted by Crippen LogP contribution is -2.24. The molecule has 6 aromatic carbocycles. The summed E-state index contributed by atoms with van der Waals surface area (Å²) in [6.07, 6.45) is -25.3. The zero-order chi connectivity index (χ0) is 54.7. The van der Waals surface area contributed by atoms with Gasteiger partial charge in [-0.05, 0) is 60.4 Å². The number of hydrogen-bond acceptors (Lipinski definition) is 2. The van der Waals surface area contributed by atoms with Crippen molar-refractivity contribution in [1.82, 2.24) is 0 Å². The molecule has 72 heavy (non-hydrogen) atoms. The molecule has 0 N–H and O–H groups in total. The molecule has 0 saturated carbocycles. The highest BCUT2D eigenvalue weighted by Gasteiger charge is 2.49. The molecule has 0 heterocycles. The van der Waals surface area contributed by atoms with Gasteiger partial charge in [0.2, 0.25) is 0 Å². The van der Waals surface area contributed by atoms with E-state index in [0.29, 0.717) is 24.3 Å². The van der Waals surface area contributed by atoms with Crippen molar-refractivity contribution in [1.29, 1.82) is 0 Å². The zero-order valence-electron chi connectivity index (χ0n) is 33.9. The third-order valence-corrected chi connectivity index (χ3v) is 10.2. The van der Waals surface area contributed by atoms with E-state index in [0.717, 1.165) is 13.8 Å². The number of halogens is 28. The number of benzene rings is 6. The third kappa shape index (κ3) is 8.67. The maximum Gasteiger partial charge on any atom is 0.422 e. The molecule has 0 aliphatic carbocycles. The Hall–Kier alpha value is -7.04. The lowest BCUT2D eigenvalue weighted by atomic mass is 9.94. The summed E-state index contributed by atoms with van der Waals surface area (Å²) in [5, 5.41) is 0. The minimum atomic E-state index is -6.32. The number of alkyl halides is 12. The topological polar surface area (TPSA) is 6.48 Å². The minimum Gasteiger partial charge on any atom is -0.300 e. The number of anilines is 6. The Labute approximate surface area is 379 Å². The van der Waals surface area contributed by atoms with E-state index in [4.69, 9.17) is 0 Å². The molecule has 2 nitrogen and oxygen atoms in total. The predicted molar refractivity (Wildman–Crippen MR) is 190 cm³/mol. The molecule has 0 aliphatic rings. The average Bonchev–Trinajstić information content (AvgIpc) is 3.24. The molecule has 0 radical (unpaired) electrons. The van der Waals surface area contributed by atoms with Crippen molar-refractivity contribution in [3.63, 3.8) is 0 Å². The highest BCUT2D eigenvalue weighted by molar-refractivity contribution is 5.85. The molecule has 0 bridgehead atoms. The van der Waals surface area contributed by atoms with Crippen LogP contribution < -0.4 is 9.80 Å². The van der Waals surface area contributed by atoms with Crippen LogP contribution in [0.25, 0.3) is 11.1 Å². The van der Waals surface area contributed by atoms with Crippen molar-refractivity contribution < 1.29 is 123 Å². The van der Waals surface area contributed by atoms with Crippen LogP contribution in [-0.4, -0.2) is 0 Å². The van der Waals surface area contributed by atoms with Crippen LogP contribution in [0.2, 0.25) is 0 Å². The molecule has 0 amide bonds. The standard InChI is InChI=1S/C42H12F28N2/c1-9-7-11(71(35-27(51)19(43)15(39(59,60)61)20(44)28(35)52)36-29(53)21(45)16(40(62,63)64)22(46)30(36)54)3-5-13(9)14-6-4-12(8-10(14)2)72(37-31(55)23(47)17(41(65,66)67)24(48)32(37)56)38-33(57)25(49)18(42(68,69)70)26(50)34(38)58/h3-8H,1-2H3. The SMILES string of the molecule is Cc1cc(N(c2c(F)c(F)c(C(F)(F)F)c(F)c2F)c2c(F)c(F)c(C(F)(F)F)c(F)c2F)ccc1-c1ccc(N(c2c(F)c(F)c(C(F)(F)F)c(F)c2F)c2c(F)c(F)c(C(F)(F)F)c(F)c2F)cc1C. The van der Waals surface area contributed by atoms with Crippen molar-refractivity contribution in [2.75, 3.05) is 9.80 Å². The van der Waals surface area contributed by atoms with Crippen LogP contribution in [0.3, 0.4) is 0 Å². The van der Waals surface area contributed by atoms with Crippen LogP contribution in [0.5, 0.6) is 0 Å². The Morgan fingerprint density at radius 3 is 0.569 bits per heavy atom. The van der Waals surface area contributed by atoms with E-state index in [2.05, 4.69) is 0 Å². The normalized spacial score (nSPS) is 12.6. The van der Waals surface area contributed by atoms with Crippen LogP contribution in [0.15, 0.2) is 36.4 Å². The lowest BCUT2D eigenvalue weighted by molar-refractivity contribution is -0.144. The molecule has 30 heteroatoms. The molecule has 6 aromatic rings. The van der Waals surface area contributed by atoms with E-state index in [1.54, 1.807) is 0 Å². The summed E-state index contributed by atoms with van der Waals surface area (Å²) in [5.74, 6) is -53.4. The van der Waals surface area contributed by atoms with Crippen LogP contribution in [0.1, 0.15) is 33.4 Å². The summed E-state index contributed by atoms with van der Waals surface area (Å²) in [7, 11) is 0. The van der Waals surface area contributed by atoms with E-state index in [9.17, 15) is 87.8 Å². The van der Waals surface area contributed by atoms with Gasteiger partial charge in [0.15, 0.2) is 93.1 Å². The fraction of sp³-hybridized carbons (Fsp3) is 0.143. The van der Waals surface area contributed by atoms with Gasteiger partial charge in [-0.25, -0.2) is 70.2 Å². The summed E-state index contributed by atoms with van der Waals surface area (Å²) < 4.78 is 405. The second-order valence-electron chi connectivity index (χ2n) is 14.6. The number of nitrogens with zero attached hydrogens (tertiary/aromatic N) is 2. The molecule has 0 unspecified atom stereocenters. The quantitative estimate of drug-likeness (QED) is 0.116. The van der Waals surface area contributed by atoms with E-state index in [1.165, 1.54) is 0 Å². The van der Waals surface area contributed by atoms with Crippen LogP contribution in [-0.2, 0) is 24.7 Å². The molecule has 0 aliphatic heterocycles. The van der Waals surface area contributed by atoms with Gasteiger partial charge in [-0.3, -0.25) is 9.80 Å². The number of aryl methyl sites for hydroxylation is 2. The van der Waals surface area contributed by atoms with Gasteiger partial charge >= 0.3 is 24.7 Å². The van der Waals surface area contributed by atoms with Crippen LogP contribution >= 0.6 is 0 Å². The van der Waals surface area contributed by atoms with E-state index >= 15 is 35.1 Å². The second kappa shape index (κ2) is 17.9. The van der Waals surface area contributed by atoms with Gasteiger partial charge in [-0.15, -0.1) is 0 Å². The summed E-state index contributed by atoms with van der Waals surface area (Å²) in [6.45, 7) is 1.60. The van der Waals surface area contributed by atoms with Gasteiger partial charge in [-0.2, -0.15) is 52.7 Å². The number of hydrogen-bond donors (Lipinski definition) is 0. The Morgan fingerprint density at radius 2 is 0.431 bits per heavy atom. The Balaban J connectivity index is 1.64. The molecule has 0 spiro atoms. The molecular weight excluding hydrogens is 1060 g/mol. The van der Waals surface area contributed by atoms with Gasteiger partial charge in [-0.1, -0.05) is 12.1 Å². The Kier molecular flexibility index (Phi) is 13.5. The summed E-state index contributed by atoms with van der Waals surface area (Å²) >= 11 is 0. The predicted octanol–water partition coefficient (Wildman–Crippen LogP) is 17.2. The van der Waals surface area contributed by atoms with Gasteiger partial charge in [0.1, 0.15) is 45.0 Å². The fourth-order valence-electron chi connectivity index (χ4n) is 7.18. The van der Waals surface area contributed by atoms with Gasteiger partial charge in [0.05, 0.1) is 0 Å². The van der Waals surface area contributed by atoms with Gasteiger partial charge < -0.3 is 0 Å². The van der Waals surface area contributed by atoms with Crippen molar-refractivity contribution >= 4 is 34.1 Å². The van der Waals surface area contributed by atoms with E-state index < -0.39 is 206 Å². The molecule has 0 aromatic heterocycles. The summed E-state index contributed by atoms with van der Waals surface area (Å²) in [6, 6.07) is 2.16. The first-order chi connectivity index (χ1) is 32.8. The van der Waals surface area contributed by atoms with Gasteiger partial charge in [0.25, 0.3) is 0 Å². The Bertz CT molecular complexity index is 2740. The molecule has 0 atom stereocenters. The third-order valence-electron chi connectivity index (χ3n) is 10.2. The Morgan fingerprint density at radius 1 is 0.264 bits per heavy atom. The first kappa shape index (κ1) is 54.3. The minimum absolute atomic E-state index is 0.248. The number of rotatable bonds is 7. The molecular formula is C42H12F28N2. The van der Waals surface area contributed by atoms with E-state index in [-0.39, 0.29) is 12.1 Å². The largest absolute Gasteiger partial charge is 0.422 e. The van der Waals surface area contributed by atoms with Crippen molar-refractivity contribution in [2.24, 2.45) is 0 Å². The fourth-order valence-corrected chi connectivity index (χ4v) is 7.18. The van der Waals surface area contributed by atoms with Crippen molar-refractivity contribution in [3.8, 4) is 11.1 Å². The summed E-state index contributed by atoms with van der Waals surface area (Å²) in [4.78, 5) is -1.93. The van der Waals surface area contributed by atoms with Crippen molar-refractivity contribution in [3.05, 3.63) is 163 Å². The molecule has 0 saturated heterocycles. The van der Waals surface area contributed by atoms with E-state index in [1.807, 2.05) is 0 Å². The maximum absolute atomic E-state index is 15.5. The second-order valence-corrected chi connectivity index (χ2v) is 14.6. The van der Waals surface area contributed by atoms with Gasteiger partial charge in [0, 0.05) is 11.4 Å². The monoisotopic (exact) mass is 1080 g/mol. The molecule has 0 fully saturated rings. The highest BCUT2D eigenvalue weighted by Crippen LogP contribution is 2.51. The molecule has 386 valence electrons. The first-order valence-electron chi connectivity index (χ1n) is 18.4. The summed E-state index contributed by atoms with van der Waals surface area (Å²) in [5.41, 5.74) is -29.4. The van der Waals surface area contributed by atoms with Crippen LogP contribution in [0.4, 0.5) is 157 Å². The van der Waals surface area contributed by atoms with Crippen molar-refractivity contribution in [2.45, 2.75) is 38.6 Å². The zero-order valence-corrected chi connectivity index (χ0v) is 33.9. The average molecular weight is 1080 g/mol. The maximum atomic E-state index is 15.5. The highest BCUT2D eigenvalue weighted by atomic mass is 19.4. The lowest BCUT2D eigenvalue weighted by Gasteiger charge is -2.30. The van der Waals surface area contributed by atoms with Crippen LogP contribution in [0, 0.1) is 107 Å².